The summed E-state index contributed by atoms with van der Waals surface area (Å²) in [6.45, 7) is 2.19. The lowest BCUT2D eigenvalue weighted by atomic mass is 10.1. The molecule has 0 aliphatic heterocycles. The molecule has 90 valence electrons. The van der Waals surface area contributed by atoms with Crippen LogP contribution in [0.1, 0.15) is 13.3 Å². The molecule has 0 aliphatic rings. The van der Waals surface area contributed by atoms with Gasteiger partial charge in [-0.2, -0.15) is 0 Å². The van der Waals surface area contributed by atoms with Gasteiger partial charge in [-0.25, -0.2) is 0 Å². The summed E-state index contributed by atoms with van der Waals surface area (Å²) < 4.78 is 1.02. The summed E-state index contributed by atoms with van der Waals surface area (Å²) in [5.41, 5.74) is 1.96. The van der Waals surface area contributed by atoms with Crippen molar-refractivity contribution in [1.29, 1.82) is 0 Å². The number of aromatic nitrogens is 1. The maximum absolute atomic E-state index is 9.22. The van der Waals surface area contributed by atoms with Crippen LogP contribution in [-0.4, -0.2) is 22.7 Å². The number of nitrogens with one attached hydrogen (secondary N) is 1. The first kappa shape index (κ1) is 12.3. The first-order chi connectivity index (χ1) is 8.24. The van der Waals surface area contributed by atoms with Crippen LogP contribution in [0.15, 0.2) is 34.9 Å². The van der Waals surface area contributed by atoms with E-state index in [1.165, 1.54) is 0 Å². The molecule has 2 aromatic rings. The van der Waals surface area contributed by atoms with E-state index in [2.05, 4.69) is 26.2 Å². The Morgan fingerprint density at radius 1 is 1.41 bits per heavy atom. The van der Waals surface area contributed by atoms with Crippen LogP contribution in [0, 0.1) is 0 Å². The SMILES string of the molecule is CC[C@@H](CO)Nc1ccnc2cc(Br)ccc12. The lowest BCUT2D eigenvalue weighted by Gasteiger charge is -2.16. The topological polar surface area (TPSA) is 45.1 Å². The summed E-state index contributed by atoms with van der Waals surface area (Å²) in [5, 5.41) is 13.6. The van der Waals surface area contributed by atoms with E-state index >= 15 is 0 Å². The maximum Gasteiger partial charge on any atom is 0.0733 e. The second-order valence-electron chi connectivity index (χ2n) is 3.95. The molecule has 0 spiro atoms. The molecule has 3 nitrogen and oxygen atoms in total. The van der Waals surface area contributed by atoms with E-state index in [4.69, 9.17) is 0 Å². The number of hydrogen-bond acceptors (Lipinski definition) is 3. The van der Waals surface area contributed by atoms with E-state index < -0.39 is 0 Å². The molecule has 0 aliphatic carbocycles. The fourth-order valence-corrected chi connectivity index (χ4v) is 2.09. The van der Waals surface area contributed by atoms with Gasteiger partial charge >= 0.3 is 0 Å². The highest BCUT2D eigenvalue weighted by Crippen LogP contribution is 2.25. The van der Waals surface area contributed by atoms with Crippen molar-refractivity contribution in [1.82, 2.24) is 4.98 Å². The Hall–Kier alpha value is -1.13. The van der Waals surface area contributed by atoms with Gasteiger partial charge < -0.3 is 10.4 Å². The third-order valence-electron chi connectivity index (χ3n) is 2.78. The van der Waals surface area contributed by atoms with E-state index in [0.29, 0.717) is 0 Å². The first-order valence-corrected chi connectivity index (χ1v) is 6.45. The number of benzene rings is 1. The van der Waals surface area contributed by atoms with E-state index in [0.717, 1.165) is 27.5 Å². The van der Waals surface area contributed by atoms with Gasteiger partial charge in [-0.1, -0.05) is 22.9 Å². The third-order valence-corrected chi connectivity index (χ3v) is 3.27. The van der Waals surface area contributed by atoms with Crippen LogP contribution in [0.4, 0.5) is 5.69 Å². The number of hydrogen-bond donors (Lipinski definition) is 2. The van der Waals surface area contributed by atoms with Crippen LogP contribution in [0.3, 0.4) is 0 Å². The Labute approximate surface area is 109 Å². The number of fused-ring (bicyclic) bond motifs is 1. The average Bonchev–Trinajstić information content (AvgIpc) is 2.35. The standard InChI is InChI=1S/C13H15BrN2O/c1-2-10(8-17)16-12-5-6-15-13-7-9(14)3-4-11(12)13/h3-7,10,17H,2,8H2,1H3,(H,15,16)/t10-/m0/s1. The third kappa shape index (κ3) is 2.76. The Morgan fingerprint density at radius 2 is 2.24 bits per heavy atom. The van der Waals surface area contributed by atoms with Crippen molar-refractivity contribution in [3.63, 3.8) is 0 Å². The number of rotatable bonds is 4. The van der Waals surface area contributed by atoms with Gasteiger partial charge in [0.25, 0.3) is 0 Å². The van der Waals surface area contributed by atoms with Crippen LogP contribution in [0.2, 0.25) is 0 Å². The molecule has 17 heavy (non-hydrogen) atoms. The number of nitrogens with zero attached hydrogens (tertiary/aromatic N) is 1. The lowest BCUT2D eigenvalue weighted by molar-refractivity contribution is 0.272. The first-order valence-electron chi connectivity index (χ1n) is 5.66. The predicted octanol–water partition coefficient (Wildman–Crippen LogP) is 3.18. The molecule has 0 fully saturated rings. The molecule has 1 aromatic heterocycles. The fourth-order valence-electron chi connectivity index (χ4n) is 1.74. The van der Waals surface area contributed by atoms with E-state index in [9.17, 15) is 5.11 Å². The molecule has 0 amide bonds. The van der Waals surface area contributed by atoms with Gasteiger partial charge in [-0.3, -0.25) is 4.98 Å². The minimum atomic E-state index is 0.0873. The van der Waals surface area contributed by atoms with E-state index in [1.807, 2.05) is 31.2 Å². The van der Waals surface area contributed by atoms with Crippen LogP contribution < -0.4 is 5.32 Å². The Balaban J connectivity index is 2.40. The second kappa shape index (κ2) is 5.47. The van der Waals surface area contributed by atoms with Crippen LogP contribution in [0.25, 0.3) is 10.9 Å². The van der Waals surface area contributed by atoms with Crippen LogP contribution in [0.5, 0.6) is 0 Å². The summed E-state index contributed by atoms with van der Waals surface area (Å²) in [6.07, 6.45) is 2.66. The highest BCUT2D eigenvalue weighted by atomic mass is 79.9. The van der Waals surface area contributed by atoms with Crippen molar-refractivity contribution in [3.8, 4) is 0 Å². The lowest BCUT2D eigenvalue weighted by Crippen LogP contribution is -2.22. The largest absolute Gasteiger partial charge is 0.394 e. The number of pyridine rings is 1. The van der Waals surface area contributed by atoms with Gasteiger partial charge in [0.1, 0.15) is 0 Å². The number of aliphatic hydroxyl groups excluding tert-OH is 1. The van der Waals surface area contributed by atoms with Gasteiger partial charge in [-0.15, -0.1) is 0 Å². The van der Waals surface area contributed by atoms with E-state index in [1.54, 1.807) is 6.20 Å². The molecule has 2 N–H and O–H groups in total. The Bertz CT molecular complexity index is 512. The molecule has 1 aromatic carbocycles. The zero-order valence-electron chi connectivity index (χ0n) is 9.65. The monoisotopic (exact) mass is 294 g/mol. The summed E-state index contributed by atoms with van der Waals surface area (Å²) in [7, 11) is 0. The van der Waals surface area contributed by atoms with Gasteiger partial charge in [0.05, 0.1) is 12.1 Å². The zero-order chi connectivity index (χ0) is 12.3. The average molecular weight is 295 g/mol. The zero-order valence-corrected chi connectivity index (χ0v) is 11.2. The Morgan fingerprint density at radius 3 is 2.94 bits per heavy atom. The molecule has 0 saturated carbocycles. The summed E-state index contributed by atoms with van der Waals surface area (Å²) in [5.74, 6) is 0. The quantitative estimate of drug-likeness (QED) is 0.910. The molecular formula is C13H15BrN2O. The molecule has 0 unspecified atom stereocenters. The molecule has 4 heteroatoms. The highest BCUT2D eigenvalue weighted by molar-refractivity contribution is 9.10. The van der Waals surface area contributed by atoms with Crippen LogP contribution >= 0.6 is 15.9 Å². The molecular weight excluding hydrogens is 280 g/mol. The molecule has 1 atom stereocenters. The minimum Gasteiger partial charge on any atom is -0.394 e. The van der Waals surface area contributed by atoms with Gasteiger partial charge in [0.15, 0.2) is 0 Å². The number of aliphatic hydroxyl groups is 1. The summed E-state index contributed by atoms with van der Waals surface area (Å²) in [6, 6.07) is 8.03. The smallest absolute Gasteiger partial charge is 0.0733 e. The number of halogens is 1. The molecule has 0 saturated heterocycles. The van der Waals surface area contributed by atoms with Crippen molar-refractivity contribution in [2.45, 2.75) is 19.4 Å². The van der Waals surface area contributed by atoms with Crippen molar-refractivity contribution in [2.75, 3.05) is 11.9 Å². The van der Waals surface area contributed by atoms with Gasteiger partial charge in [0, 0.05) is 27.8 Å². The molecule has 0 bridgehead atoms. The molecule has 0 radical (unpaired) electrons. The van der Waals surface area contributed by atoms with Crippen molar-refractivity contribution in [2.24, 2.45) is 0 Å². The van der Waals surface area contributed by atoms with Crippen molar-refractivity contribution in [3.05, 3.63) is 34.9 Å². The Kier molecular flexibility index (Phi) is 3.97. The minimum absolute atomic E-state index is 0.0873. The van der Waals surface area contributed by atoms with Crippen molar-refractivity contribution >= 4 is 32.5 Å². The van der Waals surface area contributed by atoms with Crippen molar-refractivity contribution < 1.29 is 5.11 Å². The molecule has 2 rings (SSSR count). The molecule has 1 heterocycles. The normalized spacial score (nSPS) is 12.6. The van der Waals surface area contributed by atoms with Crippen LogP contribution in [-0.2, 0) is 0 Å². The summed E-state index contributed by atoms with van der Waals surface area (Å²) in [4.78, 5) is 4.33. The van der Waals surface area contributed by atoms with E-state index in [-0.39, 0.29) is 12.6 Å². The highest BCUT2D eigenvalue weighted by Gasteiger charge is 2.07. The second-order valence-corrected chi connectivity index (χ2v) is 4.87. The number of anilines is 1. The fraction of sp³-hybridized carbons (Fsp3) is 0.308. The van der Waals surface area contributed by atoms with Gasteiger partial charge in [0.2, 0.25) is 0 Å². The predicted molar refractivity (Wildman–Crippen MR) is 74.2 cm³/mol. The summed E-state index contributed by atoms with van der Waals surface area (Å²) >= 11 is 3.43. The van der Waals surface area contributed by atoms with Gasteiger partial charge in [-0.05, 0) is 30.7 Å². The maximum atomic E-state index is 9.22.